The highest BCUT2D eigenvalue weighted by Crippen LogP contribution is 2.53. The number of benzene rings is 10. The fraction of sp³-hybridized carbons (Fsp3) is 0.118. The van der Waals surface area contributed by atoms with Crippen molar-refractivity contribution in [2.45, 2.75) is 48.5 Å². The smallest absolute Gasteiger partial charge is 0.252 e. The standard InChI is InChI=1S/C68H58BN5/c1-43-13-26-50(27-14-43)71(51-28-15-44(2)16-29-51)56-40-62-66-63(41-56)74(55-36-23-48(6)24-37-55)67-59(69(66)58-39-49(7)25-38-61(58)73(62)54-34-21-47(5)22-35-54)42-64(68-65(67)57-11-9-10-12-60(57)70(68)8)72(52-30-17-45(3)18-31-52)53-32-19-46(4)20-33-53/h9-42H,1-8H3. The van der Waals surface area contributed by atoms with Crippen LogP contribution in [0.5, 0.6) is 0 Å². The molecular weight excluding hydrogens is 898 g/mol. The molecule has 2 aliphatic rings. The summed E-state index contributed by atoms with van der Waals surface area (Å²) in [4.78, 5) is 10.1. The van der Waals surface area contributed by atoms with Crippen LogP contribution >= 0.6 is 0 Å². The van der Waals surface area contributed by atoms with E-state index >= 15 is 0 Å². The molecule has 11 aromatic rings. The maximum atomic E-state index is 2.62. The molecule has 0 N–H and O–H groups in total. The molecule has 0 unspecified atom stereocenters. The van der Waals surface area contributed by atoms with Gasteiger partial charge in [-0.05, 0) is 168 Å². The minimum Gasteiger partial charge on any atom is -0.342 e. The van der Waals surface area contributed by atoms with E-state index < -0.39 is 0 Å². The number of hydrogen-bond acceptors (Lipinski definition) is 4. The fourth-order valence-electron chi connectivity index (χ4n) is 11.8. The van der Waals surface area contributed by atoms with E-state index in [1.54, 1.807) is 0 Å². The molecule has 74 heavy (non-hydrogen) atoms. The number of rotatable bonds is 8. The van der Waals surface area contributed by atoms with Gasteiger partial charge in [-0.3, -0.25) is 0 Å². The molecule has 0 atom stereocenters. The van der Waals surface area contributed by atoms with E-state index in [4.69, 9.17) is 0 Å². The van der Waals surface area contributed by atoms with Crippen LogP contribution in [0.2, 0.25) is 0 Å². The van der Waals surface area contributed by atoms with Gasteiger partial charge in [-0.2, -0.15) is 0 Å². The molecule has 0 spiro atoms. The van der Waals surface area contributed by atoms with Gasteiger partial charge < -0.3 is 24.2 Å². The van der Waals surface area contributed by atoms with Gasteiger partial charge in [-0.25, -0.2) is 0 Å². The maximum Gasteiger partial charge on any atom is 0.252 e. The van der Waals surface area contributed by atoms with E-state index in [9.17, 15) is 0 Å². The molecule has 358 valence electrons. The Balaban J connectivity index is 1.22. The maximum absolute atomic E-state index is 2.62. The molecule has 0 radical (unpaired) electrons. The first-order valence-corrected chi connectivity index (χ1v) is 25.9. The van der Waals surface area contributed by atoms with Gasteiger partial charge in [-0.1, -0.05) is 142 Å². The van der Waals surface area contributed by atoms with Crippen LogP contribution in [0, 0.1) is 48.5 Å². The molecule has 0 aliphatic carbocycles. The Labute approximate surface area is 435 Å². The molecule has 5 nitrogen and oxygen atoms in total. The zero-order valence-corrected chi connectivity index (χ0v) is 43.4. The van der Waals surface area contributed by atoms with Crippen LogP contribution in [0.1, 0.15) is 38.9 Å². The number of nitrogens with zero attached hydrogens (tertiary/aromatic N) is 5. The third-order valence-corrected chi connectivity index (χ3v) is 15.6. The Bertz CT molecular complexity index is 3880. The second-order valence-electron chi connectivity index (χ2n) is 20.9. The molecule has 0 bridgehead atoms. The van der Waals surface area contributed by atoms with E-state index in [1.165, 1.54) is 88.5 Å². The van der Waals surface area contributed by atoms with E-state index in [0.29, 0.717) is 0 Å². The lowest BCUT2D eigenvalue weighted by Crippen LogP contribution is -2.61. The average molecular weight is 956 g/mol. The van der Waals surface area contributed by atoms with Gasteiger partial charge >= 0.3 is 0 Å². The van der Waals surface area contributed by atoms with E-state index in [2.05, 4.69) is 286 Å². The molecule has 0 fully saturated rings. The van der Waals surface area contributed by atoms with Gasteiger partial charge in [0.05, 0.1) is 22.6 Å². The summed E-state index contributed by atoms with van der Waals surface area (Å²) in [6, 6.07) is 78.0. The number of para-hydroxylation sites is 1. The van der Waals surface area contributed by atoms with Crippen LogP contribution < -0.4 is 36.0 Å². The third kappa shape index (κ3) is 7.30. The number of aryl methyl sites for hydroxylation is 8. The van der Waals surface area contributed by atoms with Gasteiger partial charge in [0, 0.05) is 74.5 Å². The highest BCUT2D eigenvalue weighted by Gasteiger charge is 2.46. The van der Waals surface area contributed by atoms with Crippen LogP contribution in [0.4, 0.5) is 68.2 Å². The molecular formula is C68H58BN5. The van der Waals surface area contributed by atoms with Gasteiger partial charge in [0.1, 0.15) is 0 Å². The fourth-order valence-corrected chi connectivity index (χ4v) is 11.8. The summed E-state index contributed by atoms with van der Waals surface area (Å²) in [5.41, 5.74) is 28.3. The van der Waals surface area contributed by atoms with Gasteiger partial charge in [0.15, 0.2) is 0 Å². The largest absolute Gasteiger partial charge is 0.342 e. The summed E-state index contributed by atoms with van der Waals surface area (Å²) in [7, 11) is 2.26. The van der Waals surface area contributed by atoms with E-state index in [1.807, 2.05) is 0 Å². The normalized spacial score (nSPS) is 12.5. The highest BCUT2D eigenvalue weighted by atomic mass is 15.2. The van der Waals surface area contributed by atoms with Crippen molar-refractivity contribution in [3.63, 3.8) is 0 Å². The van der Waals surface area contributed by atoms with Gasteiger partial charge in [0.2, 0.25) is 0 Å². The Morgan fingerprint density at radius 3 is 1.31 bits per heavy atom. The van der Waals surface area contributed by atoms with Gasteiger partial charge in [0.25, 0.3) is 6.71 Å². The minimum absolute atomic E-state index is 0.144. The number of hydrogen-bond donors (Lipinski definition) is 0. The van der Waals surface area contributed by atoms with Crippen molar-refractivity contribution in [2.75, 3.05) is 19.6 Å². The summed E-state index contributed by atoms with van der Waals surface area (Å²) in [6.07, 6.45) is 0. The summed E-state index contributed by atoms with van der Waals surface area (Å²) in [5.74, 6) is 0. The minimum atomic E-state index is -0.144. The van der Waals surface area contributed by atoms with Crippen molar-refractivity contribution < 1.29 is 0 Å². The number of aromatic nitrogens is 1. The summed E-state index contributed by atoms with van der Waals surface area (Å²) >= 11 is 0. The first kappa shape index (κ1) is 45.2. The molecule has 2 aliphatic heterocycles. The van der Waals surface area contributed by atoms with Crippen molar-refractivity contribution in [1.29, 1.82) is 0 Å². The van der Waals surface area contributed by atoms with Gasteiger partial charge in [-0.15, -0.1) is 0 Å². The molecule has 3 heterocycles. The topological polar surface area (TPSA) is 17.9 Å². The van der Waals surface area contributed by atoms with Crippen molar-refractivity contribution in [1.82, 2.24) is 4.57 Å². The predicted octanol–water partition coefficient (Wildman–Crippen LogP) is 16.5. The Hall–Kier alpha value is -8.74. The van der Waals surface area contributed by atoms with Crippen LogP contribution in [-0.4, -0.2) is 11.3 Å². The van der Waals surface area contributed by atoms with Crippen molar-refractivity contribution in [3.05, 3.63) is 245 Å². The lowest BCUT2D eigenvalue weighted by molar-refractivity contribution is 1.01. The van der Waals surface area contributed by atoms with Crippen LogP contribution in [0.25, 0.3) is 21.8 Å². The molecule has 1 aromatic heterocycles. The lowest BCUT2D eigenvalue weighted by atomic mass is 9.33. The number of anilines is 12. The number of fused-ring (bicyclic) bond motifs is 8. The van der Waals surface area contributed by atoms with E-state index in [-0.39, 0.29) is 6.71 Å². The lowest BCUT2D eigenvalue weighted by Gasteiger charge is -2.45. The monoisotopic (exact) mass is 955 g/mol. The van der Waals surface area contributed by atoms with Crippen LogP contribution in [-0.2, 0) is 7.05 Å². The molecule has 10 aromatic carbocycles. The summed E-state index contributed by atoms with van der Waals surface area (Å²) in [5, 5.41) is 2.44. The Morgan fingerprint density at radius 1 is 0.365 bits per heavy atom. The highest BCUT2D eigenvalue weighted by molar-refractivity contribution is 7.00. The van der Waals surface area contributed by atoms with Crippen molar-refractivity contribution >= 4 is 113 Å². The Kier molecular flexibility index (Phi) is 10.7. The molecule has 13 rings (SSSR count). The zero-order valence-electron chi connectivity index (χ0n) is 43.4. The molecule has 0 saturated heterocycles. The Morgan fingerprint density at radius 2 is 0.797 bits per heavy atom. The first-order valence-electron chi connectivity index (χ1n) is 25.9. The average Bonchev–Trinajstić information content (AvgIpc) is 3.72. The molecule has 0 saturated carbocycles. The molecule has 0 amide bonds. The summed E-state index contributed by atoms with van der Waals surface area (Å²) < 4.78 is 2.44. The zero-order chi connectivity index (χ0) is 50.5. The van der Waals surface area contributed by atoms with Crippen molar-refractivity contribution in [3.8, 4) is 0 Å². The van der Waals surface area contributed by atoms with E-state index in [0.717, 1.165) is 56.9 Å². The summed E-state index contributed by atoms with van der Waals surface area (Å²) in [6.45, 7) is 15.1. The third-order valence-electron chi connectivity index (χ3n) is 15.6. The second kappa shape index (κ2) is 17.5. The van der Waals surface area contributed by atoms with Crippen LogP contribution in [0.3, 0.4) is 0 Å². The second-order valence-corrected chi connectivity index (χ2v) is 20.9. The van der Waals surface area contributed by atoms with Crippen LogP contribution in [0.15, 0.2) is 206 Å². The predicted molar refractivity (Wildman–Crippen MR) is 317 cm³/mol. The quantitative estimate of drug-likeness (QED) is 0.141. The molecule has 6 heteroatoms. The van der Waals surface area contributed by atoms with Crippen molar-refractivity contribution in [2.24, 2.45) is 7.05 Å². The SMILES string of the molecule is Cc1ccc(N(c2ccc(C)cc2)c2cc3c4c(c2)N(c2ccc(C)cc2)c2c(cc(N(c5ccc(C)cc5)c5ccc(C)cc5)c5c2c2ccccc2n5C)B4c2cc(C)ccc2N3c2ccc(C)cc2)cc1. The first-order chi connectivity index (χ1) is 36.0.